The summed E-state index contributed by atoms with van der Waals surface area (Å²) >= 11 is 1.40. The third kappa shape index (κ3) is 4.01. The molecule has 1 aromatic heterocycles. The first-order valence-electron chi connectivity index (χ1n) is 8.41. The number of hydrogen-bond donors (Lipinski definition) is 2. The van der Waals surface area contributed by atoms with Crippen molar-refractivity contribution in [3.63, 3.8) is 0 Å². The highest BCUT2D eigenvalue weighted by Gasteiger charge is 2.27. The Kier molecular flexibility index (Phi) is 5.37. The molecule has 0 aliphatic carbocycles. The molecule has 134 valence electrons. The molecular weight excluding hydrogens is 338 g/mol. The monoisotopic (exact) mass is 361 g/mol. The summed E-state index contributed by atoms with van der Waals surface area (Å²) in [5.74, 6) is 0.603. The first kappa shape index (κ1) is 17.5. The maximum absolute atomic E-state index is 12.2. The number of carbonyl (C=O) groups is 1. The molecule has 2 heterocycles. The van der Waals surface area contributed by atoms with Crippen LogP contribution in [0.5, 0.6) is 5.75 Å². The van der Waals surface area contributed by atoms with Gasteiger partial charge in [0.1, 0.15) is 5.75 Å². The molecular formula is C17H23N5O2S. The summed E-state index contributed by atoms with van der Waals surface area (Å²) in [7, 11) is 1.57. The molecule has 2 unspecified atom stereocenters. The molecule has 2 aromatic rings. The van der Waals surface area contributed by atoms with Crippen molar-refractivity contribution in [1.82, 2.24) is 10.2 Å². The third-order valence-corrected chi connectivity index (χ3v) is 5.26. The second-order valence-corrected chi connectivity index (χ2v) is 7.16. The molecule has 0 bridgehead atoms. The van der Waals surface area contributed by atoms with E-state index in [1.54, 1.807) is 19.2 Å². The minimum Gasteiger partial charge on any atom is -0.495 e. The largest absolute Gasteiger partial charge is 0.495 e. The summed E-state index contributed by atoms with van der Waals surface area (Å²) in [6, 6.07) is 7.75. The van der Waals surface area contributed by atoms with Crippen molar-refractivity contribution in [3.8, 4) is 5.75 Å². The summed E-state index contributed by atoms with van der Waals surface area (Å²) in [5, 5.41) is 15.2. The minimum atomic E-state index is -0.369. The number of ether oxygens (including phenoxy) is 1. The molecule has 1 saturated heterocycles. The van der Waals surface area contributed by atoms with Crippen molar-refractivity contribution in [2.75, 3.05) is 22.6 Å². The van der Waals surface area contributed by atoms with Crippen LogP contribution in [0.4, 0.5) is 20.7 Å². The van der Waals surface area contributed by atoms with E-state index in [4.69, 9.17) is 4.74 Å². The number of nitrogens with one attached hydrogen (secondary N) is 2. The highest BCUT2D eigenvalue weighted by Crippen LogP contribution is 2.33. The lowest BCUT2D eigenvalue weighted by atomic mass is 9.98. The van der Waals surface area contributed by atoms with E-state index in [0.29, 0.717) is 28.7 Å². The van der Waals surface area contributed by atoms with Crippen LogP contribution in [0, 0.1) is 0 Å². The fraction of sp³-hybridized carbons (Fsp3) is 0.471. The molecule has 2 N–H and O–H groups in total. The first-order valence-corrected chi connectivity index (χ1v) is 9.23. The molecule has 2 amide bonds. The SMILES string of the molecule is COc1ccccc1NC(=O)Nc1nnc(N2C(C)CCCC2C)s1. The van der Waals surface area contributed by atoms with Crippen LogP contribution in [0.2, 0.25) is 0 Å². The molecule has 8 heteroatoms. The molecule has 0 saturated carbocycles. The zero-order valence-corrected chi connectivity index (χ0v) is 15.5. The van der Waals surface area contributed by atoms with Crippen molar-refractivity contribution < 1.29 is 9.53 Å². The van der Waals surface area contributed by atoms with Crippen LogP contribution in [0.25, 0.3) is 0 Å². The number of aromatic nitrogens is 2. The van der Waals surface area contributed by atoms with E-state index in [1.165, 1.54) is 17.8 Å². The molecule has 0 spiro atoms. The molecule has 0 radical (unpaired) electrons. The van der Waals surface area contributed by atoms with E-state index in [1.807, 2.05) is 12.1 Å². The summed E-state index contributed by atoms with van der Waals surface area (Å²) in [5.41, 5.74) is 0.602. The zero-order valence-electron chi connectivity index (χ0n) is 14.7. The average molecular weight is 361 g/mol. The van der Waals surface area contributed by atoms with Crippen molar-refractivity contribution in [2.24, 2.45) is 0 Å². The minimum absolute atomic E-state index is 0.369. The Bertz CT molecular complexity index is 725. The second-order valence-electron chi connectivity index (χ2n) is 6.21. The molecule has 2 atom stereocenters. The number of carbonyl (C=O) groups excluding carboxylic acids is 1. The summed E-state index contributed by atoms with van der Waals surface area (Å²) in [4.78, 5) is 14.5. The Morgan fingerprint density at radius 3 is 2.64 bits per heavy atom. The lowest BCUT2D eigenvalue weighted by molar-refractivity contribution is 0.262. The van der Waals surface area contributed by atoms with Crippen molar-refractivity contribution in [3.05, 3.63) is 24.3 Å². The Labute approximate surface area is 151 Å². The summed E-state index contributed by atoms with van der Waals surface area (Å²) in [6.45, 7) is 4.41. The number of para-hydroxylation sites is 2. The van der Waals surface area contributed by atoms with Crippen LogP contribution >= 0.6 is 11.3 Å². The maximum atomic E-state index is 12.2. The Balaban J connectivity index is 1.66. The Morgan fingerprint density at radius 2 is 1.92 bits per heavy atom. The van der Waals surface area contributed by atoms with Gasteiger partial charge in [-0.3, -0.25) is 5.32 Å². The van der Waals surface area contributed by atoms with E-state index in [9.17, 15) is 4.79 Å². The van der Waals surface area contributed by atoms with Gasteiger partial charge in [0.15, 0.2) is 0 Å². The standard InChI is InChI=1S/C17H23N5O2S/c1-11-7-6-8-12(2)22(11)17-21-20-16(25-17)19-15(23)18-13-9-4-5-10-14(13)24-3/h4-5,9-12H,6-8H2,1-3H3,(H2,18,19,20,23). The quantitative estimate of drug-likeness (QED) is 0.862. The predicted octanol–water partition coefficient (Wildman–Crippen LogP) is 3.96. The molecule has 7 nitrogen and oxygen atoms in total. The molecule has 3 rings (SSSR count). The van der Waals surface area contributed by atoms with Crippen LogP contribution in [0.3, 0.4) is 0 Å². The normalized spacial score (nSPS) is 20.2. The molecule has 1 fully saturated rings. The van der Waals surface area contributed by atoms with Crippen molar-refractivity contribution >= 4 is 33.3 Å². The van der Waals surface area contributed by atoms with E-state index in [2.05, 4.69) is 39.6 Å². The maximum Gasteiger partial charge on any atom is 0.325 e. The van der Waals surface area contributed by atoms with E-state index in [0.717, 1.165) is 18.0 Å². The molecule has 1 aliphatic heterocycles. The highest BCUT2D eigenvalue weighted by molar-refractivity contribution is 7.19. The molecule has 1 aliphatic rings. The number of amides is 2. The van der Waals surface area contributed by atoms with Crippen LogP contribution in [0.1, 0.15) is 33.1 Å². The number of methoxy groups -OCH3 is 1. The zero-order chi connectivity index (χ0) is 17.8. The van der Waals surface area contributed by atoms with Gasteiger partial charge in [0, 0.05) is 12.1 Å². The lowest BCUT2D eigenvalue weighted by Gasteiger charge is -2.38. The molecule has 1 aromatic carbocycles. The average Bonchev–Trinajstić information content (AvgIpc) is 3.03. The Morgan fingerprint density at radius 1 is 1.20 bits per heavy atom. The fourth-order valence-corrected chi connectivity index (χ4v) is 4.11. The second kappa shape index (κ2) is 7.69. The number of hydrogen-bond acceptors (Lipinski definition) is 6. The number of piperidine rings is 1. The highest BCUT2D eigenvalue weighted by atomic mass is 32.1. The number of nitrogens with zero attached hydrogens (tertiary/aromatic N) is 3. The number of rotatable bonds is 4. The van der Waals surface area contributed by atoms with Gasteiger partial charge in [0.05, 0.1) is 12.8 Å². The van der Waals surface area contributed by atoms with E-state index in [-0.39, 0.29) is 6.03 Å². The predicted molar refractivity (Wildman–Crippen MR) is 101 cm³/mol. The molecule has 25 heavy (non-hydrogen) atoms. The first-order chi connectivity index (χ1) is 12.1. The number of benzene rings is 1. The van der Waals surface area contributed by atoms with Crippen molar-refractivity contribution in [2.45, 2.75) is 45.2 Å². The van der Waals surface area contributed by atoms with Crippen LogP contribution < -0.4 is 20.3 Å². The van der Waals surface area contributed by atoms with Gasteiger partial charge in [-0.15, -0.1) is 10.2 Å². The van der Waals surface area contributed by atoms with Crippen LogP contribution in [-0.4, -0.2) is 35.4 Å². The summed E-state index contributed by atoms with van der Waals surface area (Å²) < 4.78 is 5.23. The van der Waals surface area contributed by atoms with Gasteiger partial charge in [-0.2, -0.15) is 0 Å². The number of urea groups is 1. The van der Waals surface area contributed by atoms with E-state index < -0.39 is 0 Å². The van der Waals surface area contributed by atoms with Gasteiger partial charge < -0.3 is 15.0 Å². The van der Waals surface area contributed by atoms with Gasteiger partial charge in [0.25, 0.3) is 0 Å². The van der Waals surface area contributed by atoms with Gasteiger partial charge in [-0.25, -0.2) is 4.79 Å². The number of anilines is 3. The Hall–Kier alpha value is -2.35. The third-order valence-electron chi connectivity index (χ3n) is 4.40. The van der Waals surface area contributed by atoms with Crippen LogP contribution in [-0.2, 0) is 0 Å². The van der Waals surface area contributed by atoms with Crippen molar-refractivity contribution in [1.29, 1.82) is 0 Å². The fourth-order valence-electron chi connectivity index (χ4n) is 3.17. The summed E-state index contributed by atoms with van der Waals surface area (Å²) in [6.07, 6.45) is 3.55. The van der Waals surface area contributed by atoms with Gasteiger partial charge in [-0.1, -0.05) is 23.5 Å². The smallest absolute Gasteiger partial charge is 0.325 e. The van der Waals surface area contributed by atoms with Crippen LogP contribution in [0.15, 0.2) is 24.3 Å². The van der Waals surface area contributed by atoms with Gasteiger partial charge in [0.2, 0.25) is 10.3 Å². The van der Waals surface area contributed by atoms with Gasteiger partial charge >= 0.3 is 6.03 Å². The topological polar surface area (TPSA) is 79.4 Å². The lowest BCUT2D eigenvalue weighted by Crippen LogP contribution is -2.43. The van der Waals surface area contributed by atoms with E-state index >= 15 is 0 Å². The van der Waals surface area contributed by atoms with Gasteiger partial charge in [-0.05, 0) is 45.2 Å².